The first-order chi connectivity index (χ1) is 22.0. The second-order valence-electron chi connectivity index (χ2n) is 11.7. The van der Waals surface area contributed by atoms with E-state index < -0.39 is 61.9 Å². The number of piperidine rings is 1. The molecule has 18 heteroatoms. The predicted molar refractivity (Wildman–Crippen MR) is 167 cm³/mol. The number of aromatic nitrogens is 1. The Bertz CT molecular complexity index is 1850. The summed E-state index contributed by atoms with van der Waals surface area (Å²) in [6, 6.07) is 5.85. The third-order valence-corrected chi connectivity index (χ3v) is 12.2. The Hall–Kier alpha value is -3.78. The maximum atomic E-state index is 15.8. The average molecular weight is 698 g/mol. The molecular weight excluding hydrogens is 663 g/mol. The number of amides is 1. The fourth-order valence-electron chi connectivity index (χ4n) is 5.86. The molecule has 5 rings (SSSR count). The van der Waals surface area contributed by atoms with E-state index in [-0.39, 0.29) is 40.7 Å². The molecule has 2 aliphatic rings. The largest absolute Gasteiger partial charge is 0.492 e. The molecule has 0 spiro atoms. The van der Waals surface area contributed by atoms with Crippen molar-refractivity contribution in [2.45, 2.75) is 49.6 Å². The summed E-state index contributed by atoms with van der Waals surface area (Å²) in [6.07, 6.45) is 2.56. The number of carboxylic acid groups (broad SMARTS) is 1. The maximum Gasteiger partial charge on any atom is 0.415 e. The fraction of sp³-hybridized carbons (Fsp3) is 0.414. The lowest BCUT2D eigenvalue weighted by atomic mass is 10.0. The van der Waals surface area contributed by atoms with Crippen molar-refractivity contribution >= 4 is 43.8 Å². The Labute approximate surface area is 267 Å². The number of nitrogens with zero attached hydrogens (tertiary/aromatic N) is 3. The first-order valence-electron chi connectivity index (χ1n) is 14.6. The molecular formula is C29H34FN3O12P2. The van der Waals surface area contributed by atoms with E-state index in [0.29, 0.717) is 24.9 Å². The van der Waals surface area contributed by atoms with Gasteiger partial charge < -0.3 is 48.5 Å². The Morgan fingerprint density at radius 2 is 1.72 bits per heavy atom. The highest BCUT2D eigenvalue weighted by Gasteiger charge is 2.43. The Morgan fingerprint density at radius 1 is 1.09 bits per heavy atom. The lowest BCUT2D eigenvalue weighted by Gasteiger charge is -2.39. The van der Waals surface area contributed by atoms with Gasteiger partial charge in [-0.25, -0.2) is 14.0 Å². The van der Waals surface area contributed by atoms with Gasteiger partial charge in [-0.1, -0.05) is 12.1 Å². The van der Waals surface area contributed by atoms with Crippen LogP contribution >= 0.6 is 15.2 Å². The molecule has 1 aliphatic carbocycles. The number of halogens is 1. The van der Waals surface area contributed by atoms with Gasteiger partial charge in [0, 0.05) is 32.4 Å². The third kappa shape index (κ3) is 7.23. The van der Waals surface area contributed by atoms with Crippen molar-refractivity contribution in [1.82, 2.24) is 9.47 Å². The average Bonchev–Trinajstić information content (AvgIpc) is 3.84. The van der Waals surface area contributed by atoms with Gasteiger partial charge in [0.05, 0.1) is 24.1 Å². The molecule has 1 atom stereocenters. The normalized spacial score (nSPS) is 17.2. The number of carbonyl (C=O) groups is 2. The molecule has 1 unspecified atom stereocenters. The van der Waals surface area contributed by atoms with Crippen molar-refractivity contribution in [2.75, 3.05) is 32.1 Å². The molecule has 1 amide bonds. The van der Waals surface area contributed by atoms with Crippen LogP contribution in [0.15, 0.2) is 41.3 Å². The number of pyridine rings is 1. The molecule has 2 fully saturated rings. The van der Waals surface area contributed by atoms with Crippen molar-refractivity contribution < 1.29 is 57.3 Å². The van der Waals surface area contributed by atoms with E-state index >= 15 is 4.39 Å². The second-order valence-corrected chi connectivity index (χ2v) is 15.7. The molecule has 0 bridgehead atoms. The Balaban J connectivity index is 1.35. The standard InChI is InChI=1S/C29H34FN3O12P2/c1-31(29(37)45-19-9-5-16(6-10-19)12-23(46(38,39)40)47(41,42)43)18-4-3-11-32(14-18)25-22(30)13-20-24(27(25)44-2)33(17-7-8-17)15-21(26(20)34)28(35)36/h5-6,9-10,13,15,17-18,23H,3-4,7-8,11-12,14H2,1-2H3,(H,35,36)(H2,38,39,40)(H2,41,42,43). The lowest BCUT2D eigenvalue weighted by Crippen LogP contribution is -2.49. The summed E-state index contributed by atoms with van der Waals surface area (Å²) >= 11 is 0. The summed E-state index contributed by atoms with van der Waals surface area (Å²) in [7, 11) is -7.37. The minimum absolute atomic E-state index is 0.0638. The highest BCUT2D eigenvalue weighted by molar-refractivity contribution is 7.70. The predicted octanol–water partition coefficient (Wildman–Crippen LogP) is 3.51. The SMILES string of the molecule is COc1c(N2CCCC(N(C)C(=O)Oc3ccc(CC(P(=O)(O)O)P(=O)(O)O)cc3)C2)c(F)cc2c(=O)c(C(=O)O)cn(C3CC3)c12. The van der Waals surface area contributed by atoms with Crippen LogP contribution in [0.2, 0.25) is 0 Å². The molecule has 5 N–H and O–H groups in total. The van der Waals surface area contributed by atoms with Gasteiger partial charge in [-0.2, -0.15) is 0 Å². The van der Waals surface area contributed by atoms with Crippen LogP contribution in [-0.2, 0) is 15.6 Å². The number of likely N-dealkylation sites (N-methyl/N-ethyl adjacent to an activating group) is 1. The monoisotopic (exact) mass is 697 g/mol. The number of hydrogen-bond donors (Lipinski definition) is 5. The quantitative estimate of drug-likeness (QED) is 0.192. The Kier molecular flexibility index (Phi) is 9.57. The van der Waals surface area contributed by atoms with E-state index in [1.165, 1.54) is 49.5 Å². The van der Waals surface area contributed by atoms with Gasteiger partial charge in [0.1, 0.15) is 17.0 Å². The van der Waals surface area contributed by atoms with Crippen LogP contribution in [0.1, 0.15) is 47.6 Å². The molecule has 3 aromatic rings. The summed E-state index contributed by atoms with van der Waals surface area (Å²) in [5.74, 6) is -2.02. The van der Waals surface area contributed by atoms with E-state index in [2.05, 4.69) is 0 Å². The summed E-state index contributed by atoms with van der Waals surface area (Å²) in [6.45, 7) is 0.584. The third-order valence-electron chi connectivity index (χ3n) is 8.44. The minimum atomic E-state index is -5.11. The molecule has 0 radical (unpaired) electrons. The number of hydrogen-bond acceptors (Lipinski definition) is 8. The highest BCUT2D eigenvalue weighted by Crippen LogP contribution is 2.61. The molecule has 1 aromatic heterocycles. The van der Waals surface area contributed by atoms with Gasteiger partial charge in [-0.3, -0.25) is 13.9 Å². The smallest absolute Gasteiger partial charge is 0.415 e. The number of aromatic carboxylic acids is 1. The van der Waals surface area contributed by atoms with Gasteiger partial charge >= 0.3 is 27.3 Å². The maximum absolute atomic E-state index is 15.8. The fourth-order valence-corrected chi connectivity index (χ4v) is 8.32. The molecule has 47 heavy (non-hydrogen) atoms. The van der Waals surface area contributed by atoms with Crippen LogP contribution in [-0.4, -0.2) is 84.9 Å². The van der Waals surface area contributed by atoms with Crippen LogP contribution in [0.4, 0.5) is 14.9 Å². The Morgan fingerprint density at radius 3 is 2.28 bits per heavy atom. The molecule has 2 aromatic carbocycles. The second kappa shape index (κ2) is 13.0. The summed E-state index contributed by atoms with van der Waals surface area (Å²) in [4.78, 5) is 78.4. The van der Waals surface area contributed by atoms with E-state index in [9.17, 15) is 48.2 Å². The topological polar surface area (TPSA) is 216 Å². The van der Waals surface area contributed by atoms with E-state index in [4.69, 9.17) is 9.47 Å². The van der Waals surface area contributed by atoms with Crippen molar-refractivity contribution in [2.24, 2.45) is 0 Å². The number of anilines is 1. The lowest BCUT2D eigenvalue weighted by molar-refractivity contribution is 0.0694. The van der Waals surface area contributed by atoms with Crippen LogP contribution in [0, 0.1) is 5.82 Å². The van der Waals surface area contributed by atoms with Gasteiger partial charge in [0.2, 0.25) is 5.43 Å². The zero-order valence-electron chi connectivity index (χ0n) is 25.4. The number of benzene rings is 2. The number of rotatable bonds is 10. The van der Waals surface area contributed by atoms with Crippen LogP contribution < -0.4 is 19.8 Å². The molecule has 15 nitrogen and oxygen atoms in total. The van der Waals surface area contributed by atoms with E-state index in [0.717, 1.165) is 18.9 Å². The number of methoxy groups -OCH3 is 1. The first kappa shape index (κ1) is 34.6. The van der Waals surface area contributed by atoms with Crippen LogP contribution in [0.3, 0.4) is 0 Å². The number of fused-ring (bicyclic) bond motifs is 1. The summed E-state index contributed by atoms with van der Waals surface area (Å²) < 4.78 is 51.8. The molecule has 1 saturated heterocycles. The zero-order valence-corrected chi connectivity index (χ0v) is 27.1. The number of carboxylic acids is 1. The van der Waals surface area contributed by atoms with E-state index in [1.54, 1.807) is 9.47 Å². The van der Waals surface area contributed by atoms with Gasteiger partial charge in [0.25, 0.3) is 0 Å². The van der Waals surface area contributed by atoms with E-state index in [1.807, 2.05) is 0 Å². The molecule has 254 valence electrons. The summed E-state index contributed by atoms with van der Waals surface area (Å²) in [5, 5.41) is 7.27. The number of ether oxygens (including phenoxy) is 2. The minimum Gasteiger partial charge on any atom is -0.492 e. The van der Waals surface area contributed by atoms with Crippen molar-refractivity contribution in [1.29, 1.82) is 0 Å². The molecule has 1 saturated carbocycles. The van der Waals surface area contributed by atoms with Gasteiger partial charge in [0.15, 0.2) is 17.0 Å². The van der Waals surface area contributed by atoms with Crippen LogP contribution in [0.25, 0.3) is 10.9 Å². The molecule has 1 aliphatic heterocycles. The number of carbonyl (C=O) groups excluding carboxylic acids is 1. The summed E-state index contributed by atoms with van der Waals surface area (Å²) in [5.41, 5.74) is -0.688. The molecule has 2 heterocycles. The van der Waals surface area contributed by atoms with Gasteiger partial charge in [-0.05, 0) is 55.9 Å². The first-order valence-corrected chi connectivity index (χ1v) is 17.9. The van der Waals surface area contributed by atoms with Gasteiger partial charge in [-0.15, -0.1) is 0 Å². The van der Waals surface area contributed by atoms with Crippen LogP contribution in [0.5, 0.6) is 11.5 Å². The highest BCUT2D eigenvalue weighted by atomic mass is 31.2. The van der Waals surface area contributed by atoms with Crippen molar-refractivity contribution in [3.8, 4) is 11.5 Å². The zero-order chi connectivity index (χ0) is 34.4. The van der Waals surface area contributed by atoms with Crippen molar-refractivity contribution in [3.05, 3.63) is 63.7 Å². The van der Waals surface area contributed by atoms with Crippen molar-refractivity contribution in [3.63, 3.8) is 0 Å².